The van der Waals surface area contributed by atoms with Crippen molar-refractivity contribution in [3.8, 4) is 0 Å². The van der Waals surface area contributed by atoms with E-state index in [0.29, 0.717) is 5.82 Å². The molecule has 2 aromatic heterocycles. The molecule has 9 nitrogen and oxygen atoms in total. The van der Waals surface area contributed by atoms with Crippen LogP contribution >= 0.6 is 24.0 Å². The Bertz CT molecular complexity index is 822. The third-order valence-corrected chi connectivity index (χ3v) is 4.48. The first kappa shape index (κ1) is 21.2. The fourth-order valence-corrected chi connectivity index (χ4v) is 3.04. The van der Waals surface area contributed by atoms with Gasteiger partial charge >= 0.3 is 0 Å². The van der Waals surface area contributed by atoms with Crippen LogP contribution < -0.4 is 15.8 Å². The van der Waals surface area contributed by atoms with E-state index in [9.17, 15) is 4.79 Å². The minimum Gasteiger partial charge on any atom is -0.354 e. The molecule has 10 heteroatoms. The lowest BCUT2D eigenvalue weighted by Crippen LogP contribution is -2.54. The smallest absolute Gasteiger partial charge is 0.293 e. The van der Waals surface area contributed by atoms with Crippen LogP contribution in [0.1, 0.15) is 5.56 Å². The van der Waals surface area contributed by atoms with Gasteiger partial charge in [-0.1, -0.05) is 0 Å². The molecule has 2 aromatic rings. The number of aromatic nitrogens is 4. The van der Waals surface area contributed by atoms with E-state index >= 15 is 0 Å². The minimum absolute atomic E-state index is 0. The van der Waals surface area contributed by atoms with E-state index in [-0.39, 0.29) is 29.5 Å². The van der Waals surface area contributed by atoms with Crippen molar-refractivity contribution in [3.05, 3.63) is 40.7 Å². The van der Waals surface area contributed by atoms with Gasteiger partial charge in [-0.2, -0.15) is 5.10 Å². The Hall–Kier alpha value is -2.11. The second-order valence-corrected chi connectivity index (χ2v) is 6.40. The van der Waals surface area contributed by atoms with Crippen LogP contribution in [0.4, 0.5) is 5.82 Å². The molecule has 0 aromatic carbocycles. The second-order valence-electron chi connectivity index (χ2n) is 6.40. The maximum absolute atomic E-state index is 12.2. The van der Waals surface area contributed by atoms with Gasteiger partial charge in [0.15, 0.2) is 11.8 Å². The van der Waals surface area contributed by atoms with Crippen LogP contribution in [-0.2, 0) is 13.6 Å². The molecule has 3 heterocycles. The van der Waals surface area contributed by atoms with E-state index in [2.05, 4.69) is 25.3 Å². The molecule has 0 spiro atoms. The van der Waals surface area contributed by atoms with Crippen LogP contribution in [0.15, 0.2) is 34.6 Å². The van der Waals surface area contributed by atoms with Crippen LogP contribution in [0.5, 0.6) is 0 Å². The summed E-state index contributed by atoms with van der Waals surface area (Å²) in [5.74, 6) is 1.40. The van der Waals surface area contributed by atoms with Gasteiger partial charge in [-0.3, -0.25) is 14.5 Å². The molecule has 0 unspecified atom stereocenters. The highest BCUT2D eigenvalue weighted by atomic mass is 127. The van der Waals surface area contributed by atoms with Gasteiger partial charge in [0.05, 0.1) is 12.7 Å². The Labute approximate surface area is 176 Å². The van der Waals surface area contributed by atoms with Crippen molar-refractivity contribution in [2.45, 2.75) is 13.5 Å². The third-order valence-electron chi connectivity index (χ3n) is 4.48. The highest BCUT2D eigenvalue weighted by Crippen LogP contribution is 2.08. The number of halogens is 1. The summed E-state index contributed by atoms with van der Waals surface area (Å²) in [6.07, 6.45) is 7.22. The van der Waals surface area contributed by atoms with E-state index in [0.717, 1.165) is 50.8 Å². The first-order valence-corrected chi connectivity index (χ1v) is 8.79. The number of piperazine rings is 1. The number of nitrogens with one attached hydrogen (secondary N) is 1. The lowest BCUT2D eigenvalue weighted by molar-refractivity contribution is 0.369. The molecule has 148 valence electrons. The topological polar surface area (TPSA) is 83.6 Å². The van der Waals surface area contributed by atoms with Crippen LogP contribution in [0.2, 0.25) is 0 Å². The van der Waals surface area contributed by atoms with Gasteiger partial charge in [0.25, 0.3) is 5.56 Å². The highest BCUT2D eigenvalue weighted by molar-refractivity contribution is 14.0. The van der Waals surface area contributed by atoms with Crippen LogP contribution in [-0.4, -0.2) is 70.0 Å². The average molecular weight is 486 g/mol. The number of anilines is 1. The van der Waals surface area contributed by atoms with Gasteiger partial charge in [-0.25, -0.2) is 4.98 Å². The summed E-state index contributed by atoms with van der Waals surface area (Å²) in [4.78, 5) is 25.1. The maximum atomic E-state index is 12.2. The number of rotatable bonds is 4. The molecule has 0 amide bonds. The lowest BCUT2D eigenvalue weighted by Gasteiger charge is -2.36. The second kappa shape index (κ2) is 9.72. The molecule has 1 N–H and O–H groups in total. The van der Waals surface area contributed by atoms with Crippen molar-refractivity contribution >= 4 is 35.8 Å². The average Bonchev–Trinajstić information content (AvgIpc) is 3.07. The number of hydrogen-bond donors (Lipinski definition) is 1. The first-order valence-electron chi connectivity index (χ1n) is 8.79. The fraction of sp³-hybridized carbons (Fsp3) is 0.529. The summed E-state index contributed by atoms with van der Waals surface area (Å²) in [6, 6.07) is 0. The molecule has 1 saturated heterocycles. The van der Waals surface area contributed by atoms with Crippen molar-refractivity contribution in [1.82, 2.24) is 29.5 Å². The van der Waals surface area contributed by atoms with Gasteiger partial charge in [0.2, 0.25) is 0 Å². The standard InChI is InChI=1S/C17H26N8O.HI/c1-14-12-21-25(13-14)7-5-20-17(18-2)24-10-8-23(9-11-24)15-16(26)22(3)6-4-19-15;/h4,6,12-13H,5,7-11H2,1-3H3,(H,18,20);1H. The zero-order valence-electron chi connectivity index (χ0n) is 16.0. The predicted molar refractivity (Wildman–Crippen MR) is 117 cm³/mol. The van der Waals surface area contributed by atoms with Crippen molar-refractivity contribution in [3.63, 3.8) is 0 Å². The summed E-state index contributed by atoms with van der Waals surface area (Å²) < 4.78 is 3.48. The molecular formula is C17H27IN8O. The molecule has 1 aliphatic rings. The summed E-state index contributed by atoms with van der Waals surface area (Å²) in [6.45, 7) is 6.65. The Balaban J connectivity index is 0.00000261. The zero-order valence-corrected chi connectivity index (χ0v) is 18.3. The van der Waals surface area contributed by atoms with Crippen molar-refractivity contribution in [2.24, 2.45) is 12.0 Å². The molecule has 3 rings (SSSR count). The van der Waals surface area contributed by atoms with E-state index in [1.807, 2.05) is 28.9 Å². The molecule has 0 aliphatic carbocycles. The number of aryl methyl sites for hydroxylation is 2. The van der Waals surface area contributed by atoms with E-state index < -0.39 is 0 Å². The molecule has 27 heavy (non-hydrogen) atoms. The summed E-state index contributed by atoms with van der Waals surface area (Å²) in [5, 5.41) is 7.67. The maximum Gasteiger partial charge on any atom is 0.293 e. The van der Waals surface area contributed by atoms with Crippen LogP contribution in [0.25, 0.3) is 0 Å². The minimum atomic E-state index is -0.0574. The van der Waals surface area contributed by atoms with Crippen molar-refractivity contribution in [1.29, 1.82) is 0 Å². The molecular weight excluding hydrogens is 459 g/mol. The fourth-order valence-electron chi connectivity index (χ4n) is 3.04. The number of aliphatic imine (C=N–C) groups is 1. The quantitative estimate of drug-likeness (QED) is 0.381. The number of guanidine groups is 1. The van der Waals surface area contributed by atoms with Gasteiger partial charge in [-0.15, -0.1) is 24.0 Å². The molecule has 0 bridgehead atoms. The van der Waals surface area contributed by atoms with Crippen LogP contribution in [0, 0.1) is 6.92 Å². The van der Waals surface area contributed by atoms with Crippen molar-refractivity contribution < 1.29 is 0 Å². The molecule has 0 saturated carbocycles. The summed E-state index contributed by atoms with van der Waals surface area (Å²) in [5.41, 5.74) is 1.10. The monoisotopic (exact) mass is 486 g/mol. The Morgan fingerprint density at radius 2 is 2.04 bits per heavy atom. The largest absolute Gasteiger partial charge is 0.354 e. The molecule has 0 radical (unpaired) electrons. The summed E-state index contributed by atoms with van der Waals surface area (Å²) in [7, 11) is 3.54. The highest BCUT2D eigenvalue weighted by Gasteiger charge is 2.22. The Kier molecular flexibility index (Phi) is 7.63. The van der Waals surface area contributed by atoms with Crippen LogP contribution in [0.3, 0.4) is 0 Å². The van der Waals surface area contributed by atoms with Gasteiger partial charge in [-0.05, 0) is 12.5 Å². The number of nitrogens with zero attached hydrogens (tertiary/aromatic N) is 7. The zero-order chi connectivity index (χ0) is 18.5. The summed E-state index contributed by atoms with van der Waals surface area (Å²) >= 11 is 0. The Morgan fingerprint density at radius 1 is 1.30 bits per heavy atom. The van der Waals surface area contributed by atoms with Gasteiger partial charge < -0.3 is 19.7 Å². The molecule has 0 atom stereocenters. The van der Waals surface area contributed by atoms with E-state index in [1.165, 1.54) is 0 Å². The lowest BCUT2D eigenvalue weighted by atomic mass is 10.3. The van der Waals surface area contributed by atoms with E-state index in [4.69, 9.17) is 0 Å². The Morgan fingerprint density at radius 3 is 2.67 bits per heavy atom. The molecule has 1 aliphatic heterocycles. The normalized spacial score (nSPS) is 14.9. The van der Waals surface area contributed by atoms with Crippen molar-refractivity contribution in [2.75, 3.05) is 44.7 Å². The predicted octanol–water partition coefficient (Wildman–Crippen LogP) is 0.301. The number of hydrogen-bond acceptors (Lipinski definition) is 5. The van der Waals surface area contributed by atoms with Gasteiger partial charge in [0, 0.05) is 65.4 Å². The third kappa shape index (κ3) is 5.21. The first-order chi connectivity index (χ1) is 12.6. The molecule has 1 fully saturated rings. The van der Waals surface area contributed by atoms with E-state index in [1.54, 1.807) is 31.1 Å². The van der Waals surface area contributed by atoms with Gasteiger partial charge in [0.1, 0.15) is 0 Å². The SMILES string of the molecule is CN=C(NCCn1cc(C)cn1)N1CCN(c2nccn(C)c2=O)CC1.I.